The van der Waals surface area contributed by atoms with Gasteiger partial charge in [0, 0.05) is 18.1 Å². The monoisotopic (exact) mass is 268 g/mol. The highest BCUT2D eigenvalue weighted by Crippen LogP contribution is 2.35. The van der Waals surface area contributed by atoms with E-state index in [1.165, 1.54) is 0 Å². The summed E-state index contributed by atoms with van der Waals surface area (Å²) < 4.78 is 38.6. The second-order valence-corrected chi connectivity index (χ2v) is 4.70. The quantitative estimate of drug-likeness (QED) is 0.872. The van der Waals surface area contributed by atoms with Crippen LogP contribution in [0.1, 0.15) is 31.0 Å². The zero-order valence-electron chi connectivity index (χ0n) is 11.0. The Kier molecular flexibility index (Phi) is 3.39. The third kappa shape index (κ3) is 2.50. The number of alkyl halides is 3. The molecule has 2 aromatic rings. The van der Waals surface area contributed by atoms with Gasteiger partial charge < -0.3 is 5.32 Å². The lowest BCUT2D eigenvalue weighted by molar-refractivity contribution is -0.140. The van der Waals surface area contributed by atoms with Gasteiger partial charge in [-0.2, -0.15) is 13.2 Å². The average molecular weight is 268 g/mol. The lowest BCUT2D eigenvalue weighted by Gasteiger charge is -2.15. The highest BCUT2D eigenvalue weighted by Gasteiger charge is 2.33. The fourth-order valence-corrected chi connectivity index (χ4v) is 2.09. The number of rotatable bonds is 2. The fraction of sp³-hybridized carbons (Fsp3) is 0.357. The first-order valence-electron chi connectivity index (χ1n) is 6.03. The fourth-order valence-electron chi connectivity index (χ4n) is 2.09. The smallest absolute Gasteiger partial charge is 0.388 e. The summed E-state index contributed by atoms with van der Waals surface area (Å²) in [5, 5.41) is 3.52. The summed E-state index contributed by atoms with van der Waals surface area (Å²) in [4.78, 5) is 3.81. The Hall–Kier alpha value is -1.78. The average Bonchev–Trinajstić information content (AvgIpc) is 2.35. The van der Waals surface area contributed by atoms with Gasteiger partial charge in [-0.15, -0.1) is 0 Å². The lowest BCUT2D eigenvalue weighted by Crippen LogP contribution is -2.10. The molecule has 0 aliphatic heterocycles. The molecule has 1 heterocycles. The summed E-state index contributed by atoms with van der Waals surface area (Å²) in [7, 11) is 1.61. The predicted octanol–water partition coefficient (Wildman–Crippen LogP) is 4.42. The SMILES string of the molecule is CNc1cc(C(F)(F)F)nc2c(C(C)C)cccc12. The zero-order chi connectivity index (χ0) is 14.2. The largest absolute Gasteiger partial charge is 0.433 e. The first-order chi connectivity index (χ1) is 8.84. The minimum Gasteiger partial charge on any atom is -0.388 e. The summed E-state index contributed by atoms with van der Waals surface area (Å²) in [5.41, 5.74) is 0.814. The van der Waals surface area contributed by atoms with Crippen molar-refractivity contribution in [2.75, 3.05) is 12.4 Å². The third-order valence-corrected chi connectivity index (χ3v) is 3.05. The number of halogens is 3. The maximum absolute atomic E-state index is 12.9. The molecule has 0 atom stereocenters. The predicted molar refractivity (Wildman–Crippen MR) is 70.4 cm³/mol. The number of aromatic nitrogens is 1. The molecule has 1 N–H and O–H groups in total. The highest BCUT2D eigenvalue weighted by atomic mass is 19.4. The van der Waals surface area contributed by atoms with Crippen LogP contribution in [0.4, 0.5) is 18.9 Å². The summed E-state index contributed by atoms with van der Waals surface area (Å²) >= 11 is 0. The van der Waals surface area contributed by atoms with Gasteiger partial charge in [-0.25, -0.2) is 4.98 Å². The van der Waals surface area contributed by atoms with Crippen LogP contribution in [0.3, 0.4) is 0 Å². The van der Waals surface area contributed by atoms with E-state index in [-0.39, 0.29) is 5.92 Å². The van der Waals surface area contributed by atoms with Crippen molar-refractivity contribution in [2.24, 2.45) is 0 Å². The van der Waals surface area contributed by atoms with E-state index in [0.717, 1.165) is 11.6 Å². The molecule has 1 aromatic heterocycles. The van der Waals surface area contributed by atoms with Crippen molar-refractivity contribution in [1.29, 1.82) is 0 Å². The van der Waals surface area contributed by atoms with E-state index in [1.54, 1.807) is 13.1 Å². The summed E-state index contributed by atoms with van der Waals surface area (Å²) in [5.74, 6) is 0.115. The van der Waals surface area contributed by atoms with Crippen LogP contribution in [0.25, 0.3) is 10.9 Å². The van der Waals surface area contributed by atoms with Gasteiger partial charge in [-0.1, -0.05) is 32.0 Å². The van der Waals surface area contributed by atoms with Gasteiger partial charge in [0.1, 0.15) is 5.69 Å². The molecule has 0 radical (unpaired) electrons. The Bertz CT molecular complexity index is 603. The normalized spacial score (nSPS) is 12.2. The van der Waals surface area contributed by atoms with E-state index in [1.807, 2.05) is 26.0 Å². The molecule has 0 saturated heterocycles. The summed E-state index contributed by atoms with van der Waals surface area (Å²) in [6, 6.07) is 6.49. The Morgan fingerprint density at radius 3 is 2.42 bits per heavy atom. The number of nitrogens with one attached hydrogen (secondary N) is 1. The van der Waals surface area contributed by atoms with Crippen molar-refractivity contribution in [2.45, 2.75) is 25.9 Å². The molecule has 0 aliphatic rings. The van der Waals surface area contributed by atoms with Crippen LogP contribution in [0.15, 0.2) is 24.3 Å². The second kappa shape index (κ2) is 4.72. The second-order valence-electron chi connectivity index (χ2n) is 4.70. The van der Waals surface area contributed by atoms with Crippen LogP contribution >= 0.6 is 0 Å². The molecule has 0 spiro atoms. The summed E-state index contributed by atoms with van der Waals surface area (Å²) in [6.07, 6.45) is -4.44. The van der Waals surface area contributed by atoms with Crippen molar-refractivity contribution < 1.29 is 13.2 Å². The number of para-hydroxylation sites is 1. The molecule has 0 amide bonds. The van der Waals surface area contributed by atoms with Crippen LogP contribution in [0, 0.1) is 0 Å². The van der Waals surface area contributed by atoms with Crippen LogP contribution < -0.4 is 5.32 Å². The number of anilines is 1. The van der Waals surface area contributed by atoms with Crippen LogP contribution in [0.2, 0.25) is 0 Å². The lowest BCUT2D eigenvalue weighted by atomic mass is 9.98. The molecule has 0 saturated carbocycles. The molecule has 1 aromatic carbocycles. The number of benzene rings is 1. The van der Waals surface area contributed by atoms with Crippen LogP contribution in [0.5, 0.6) is 0 Å². The Morgan fingerprint density at radius 1 is 1.21 bits per heavy atom. The first kappa shape index (κ1) is 13.6. The van der Waals surface area contributed by atoms with E-state index in [0.29, 0.717) is 16.6 Å². The van der Waals surface area contributed by atoms with Gasteiger partial charge in [0.2, 0.25) is 0 Å². The Balaban J connectivity index is 2.82. The van der Waals surface area contributed by atoms with E-state index < -0.39 is 11.9 Å². The van der Waals surface area contributed by atoms with Gasteiger partial charge in [0.05, 0.1) is 5.52 Å². The molecule has 2 rings (SSSR count). The van der Waals surface area contributed by atoms with Crippen molar-refractivity contribution in [1.82, 2.24) is 4.98 Å². The van der Waals surface area contributed by atoms with Gasteiger partial charge in [-0.05, 0) is 17.5 Å². The van der Waals surface area contributed by atoms with E-state index >= 15 is 0 Å². The molecule has 102 valence electrons. The minimum absolute atomic E-state index is 0.115. The Labute approximate surface area is 109 Å². The molecular weight excluding hydrogens is 253 g/mol. The first-order valence-corrected chi connectivity index (χ1v) is 6.03. The van der Waals surface area contributed by atoms with Gasteiger partial charge >= 0.3 is 6.18 Å². The van der Waals surface area contributed by atoms with Crippen LogP contribution in [-0.4, -0.2) is 12.0 Å². The number of nitrogens with zero attached hydrogens (tertiary/aromatic N) is 1. The zero-order valence-corrected chi connectivity index (χ0v) is 11.0. The highest BCUT2D eigenvalue weighted by molar-refractivity contribution is 5.93. The topological polar surface area (TPSA) is 24.9 Å². The number of fused-ring (bicyclic) bond motifs is 1. The molecule has 0 fully saturated rings. The minimum atomic E-state index is -4.44. The summed E-state index contributed by atoms with van der Waals surface area (Å²) in [6.45, 7) is 3.88. The maximum atomic E-state index is 12.9. The number of pyridine rings is 1. The van der Waals surface area contributed by atoms with Gasteiger partial charge in [0.15, 0.2) is 0 Å². The third-order valence-electron chi connectivity index (χ3n) is 3.05. The number of hydrogen-bond acceptors (Lipinski definition) is 2. The molecule has 2 nitrogen and oxygen atoms in total. The molecule has 0 unspecified atom stereocenters. The van der Waals surface area contributed by atoms with Gasteiger partial charge in [0.25, 0.3) is 0 Å². The molecule has 19 heavy (non-hydrogen) atoms. The van der Waals surface area contributed by atoms with Crippen molar-refractivity contribution >= 4 is 16.6 Å². The Morgan fingerprint density at radius 2 is 1.89 bits per heavy atom. The molecule has 5 heteroatoms. The van der Waals surface area contributed by atoms with Crippen LogP contribution in [-0.2, 0) is 6.18 Å². The molecule has 0 bridgehead atoms. The van der Waals surface area contributed by atoms with E-state index in [4.69, 9.17) is 0 Å². The maximum Gasteiger partial charge on any atom is 0.433 e. The molecular formula is C14H15F3N2. The standard InChI is InChI=1S/C14H15F3N2/c1-8(2)9-5-4-6-10-11(18-3)7-12(14(15,16)17)19-13(9)10/h4-8H,1-3H3,(H,18,19). The number of hydrogen-bond donors (Lipinski definition) is 1. The van der Waals surface area contributed by atoms with Crippen molar-refractivity contribution in [3.63, 3.8) is 0 Å². The van der Waals surface area contributed by atoms with Gasteiger partial charge in [-0.3, -0.25) is 0 Å². The molecule has 0 aliphatic carbocycles. The van der Waals surface area contributed by atoms with Crippen molar-refractivity contribution in [3.8, 4) is 0 Å². The van der Waals surface area contributed by atoms with E-state index in [2.05, 4.69) is 10.3 Å². The van der Waals surface area contributed by atoms with Crippen molar-refractivity contribution in [3.05, 3.63) is 35.5 Å². The van der Waals surface area contributed by atoms with E-state index in [9.17, 15) is 13.2 Å².